The summed E-state index contributed by atoms with van der Waals surface area (Å²) in [6.45, 7) is 4.94. The topological polar surface area (TPSA) is 123 Å². The molecule has 1 unspecified atom stereocenters. The van der Waals surface area contributed by atoms with Gasteiger partial charge in [-0.25, -0.2) is 4.98 Å². The molecule has 0 fully saturated rings. The maximum absolute atomic E-state index is 11.5. The van der Waals surface area contributed by atoms with Gasteiger partial charge in [0.2, 0.25) is 11.9 Å². The van der Waals surface area contributed by atoms with E-state index >= 15 is 0 Å². The fraction of sp³-hybridized carbons (Fsp3) is 0.391. The van der Waals surface area contributed by atoms with E-state index in [0.717, 1.165) is 25.1 Å². The van der Waals surface area contributed by atoms with Crippen LogP contribution in [0.2, 0.25) is 0 Å². The Labute approximate surface area is 183 Å². The SMILES string of the molecule is CCCNc1nc(Nc2ccc(C#N)cc2)ncc1C#CCCCNC(=O)CC(C)O. The van der Waals surface area contributed by atoms with Gasteiger partial charge in [0.1, 0.15) is 5.82 Å². The molecule has 0 saturated carbocycles. The molecule has 2 aromatic rings. The Hall–Kier alpha value is -3.62. The van der Waals surface area contributed by atoms with Gasteiger partial charge in [-0.05, 0) is 44.0 Å². The smallest absolute Gasteiger partial charge is 0.229 e. The van der Waals surface area contributed by atoms with Crippen LogP contribution in [0.5, 0.6) is 0 Å². The lowest BCUT2D eigenvalue weighted by Crippen LogP contribution is -2.27. The van der Waals surface area contributed by atoms with E-state index in [1.54, 1.807) is 37.4 Å². The van der Waals surface area contributed by atoms with Gasteiger partial charge in [0.15, 0.2) is 0 Å². The third kappa shape index (κ3) is 8.73. The lowest BCUT2D eigenvalue weighted by molar-refractivity contribution is -0.122. The van der Waals surface area contributed by atoms with E-state index < -0.39 is 6.10 Å². The molecule has 1 aromatic carbocycles. The largest absolute Gasteiger partial charge is 0.393 e. The van der Waals surface area contributed by atoms with Crippen LogP contribution in [0.1, 0.15) is 50.7 Å². The first-order chi connectivity index (χ1) is 15.0. The van der Waals surface area contributed by atoms with Crippen molar-refractivity contribution in [1.82, 2.24) is 15.3 Å². The fourth-order valence-electron chi connectivity index (χ4n) is 2.57. The number of carbonyl (C=O) groups excluding carboxylic acids is 1. The number of unbranched alkanes of at least 4 members (excludes halogenated alkanes) is 1. The molecule has 0 aliphatic rings. The number of nitrogens with one attached hydrogen (secondary N) is 3. The van der Waals surface area contributed by atoms with Crippen molar-refractivity contribution in [3.63, 3.8) is 0 Å². The second kappa shape index (κ2) is 12.8. The van der Waals surface area contributed by atoms with Crippen molar-refractivity contribution in [3.05, 3.63) is 41.6 Å². The van der Waals surface area contributed by atoms with Gasteiger partial charge >= 0.3 is 0 Å². The summed E-state index contributed by atoms with van der Waals surface area (Å²) in [6, 6.07) is 9.14. The van der Waals surface area contributed by atoms with Crippen molar-refractivity contribution in [1.29, 1.82) is 5.26 Å². The highest BCUT2D eigenvalue weighted by atomic mass is 16.3. The van der Waals surface area contributed by atoms with E-state index in [4.69, 9.17) is 5.26 Å². The summed E-state index contributed by atoms with van der Waals surface area (Å²) < 4.78 is 0. The molecule has 1 heterocycles. The highest BCUT2D eigenvalue weighted by Crippen LogP contribution is 2.17. The molecule has 0 bridgehead atoms. The molecule has 1 aromatic heterocycles. The zero-order chi connectivity index (χ0) is 22.5. The first kappa shape index (κ1) is 23.7. The number of anilines is 3. The van der Waals surface area contributed by atoms with Crippen molar-refractivity contribution < 1.29 is 9.90 Å². The Bertz CT molecular complexity index is 955. The summed E-state index contributed by atoms with van der Waals surface area (Å²) in [5.41, 5.74) is 2.08. The highest BCUT2D eigenvalue weighted by molar-refractivity contribution is 5.76. The van der Waals surface area contributed by atoms with Gasteiger partial charge in [-0.3, -0.25) is 4.79 Å². The molecule has 8 heteroatoms. The second-order valence-electron chi connectivity index (χ2n) is 7.01. The Balaban J connectivity index is 1.97. The molecule has 0 aliphatic carbocycles. The summed E-state index contributed by atoms with van der Waals surface area (Å²) in [6.07, 6.45) is 3.43. The number of benzene rings is 1. The first-order valence-electron chi connectivity index (χ1n) is 10.3. The monoisotopic (exact) mass is 420 g/mol. The van der Waals surface area contributed by atoms with Gasteiger partial charge in [-0.1, -0.05) is 18.8 Å². The van der Waals surface area contributed by atoms with E-state index in [1.165, 1.54) is 0 Å². The van der Waals surface area contributed by atoms with Crippen LogP contribution in [-0.4, -0.2) is 40.2 Å². The number of nitrogens with zero attached hydrogens (tertiary/aromatic N) is 3. The molecule has 162 valence electrons. The Kier molecular flexibility index (Phi) is 9.80. The standard InChI is InChI=1S/C23H28N6O2/c1-3-12-26-22-19(7-5-4-6-13-25-21(31)14-17(2)30)16-27-23(29-22)28-20-10-8-18(15-24)9-11-20/h8-11,16-17,30H,3-4,6,12-14H2,1-2H3,(H,25,31)(H2,26,27,28,29). The van der Waals surface area contributed by atoms with Crippen molar-refractivity contribution in [2.75, 3.05) is 23.7 Å². The van der Waals surface area contributed by atoms with Gasteiger partial charge < -0.3 is 21.1 Å². The van der Waals surface area contributed by atoms with Crippen molar-refractivity contribution in [3.8, 4) is 17.9 Å². The van der Waals surface area contributed by atoms with Gasteiger partial charge in [0.25, 0.3) is 0 Å². The summed E-state index contributed by atoms with van der Waals surface area (Å²) >= 11 is 0. The van der Waals surface area contributed by atoms with Crippen LogP contribution >= 0.6 is 0 Å². The maximum atomic E-state index is 11.5. The summed E-state index contributed by atoms with van der Waals surface area (Å²) in [5, 5.41) is 27.2. The lowest BCUT2D eigenvalue weighted by Gasteiger charge is -2.10. The number of carbonyl (C=O) groups is 1. The van der Waals surface area contributed by atoms with Crippen LogP contribution in [0.15, 0.2) is 30.5 Å². The maximum Gasteiger partial charge on any atom is 0.229 e. The van der Waals surface area contributed by atoms with Gasteiger partial charge in [-0.15, -0.1) is 0 Å². The average molecular weight is 421 g/mol. The number of rotatable bonds is 10. The predicted octanol–water partition coefficient (Wildman–Crippen LogP) is 2.93. The van der Waals surface area contributed by atoms with Crippen LogP contribution in [0.3, 0.4) is 0 Å². The third-order valence-electron chi connectivity index (χ3n) is 4.11. The van der Waals surface area contributed by atoms with Crippen molar-refractivity contribution in [2.24, 2.45) is 0 Å². The second-order valence-corrected chi connectivity index (χ2v) is 7.01. The average Bonchev–Trinajstić information content (AvgIpc) is 2.75. The number of aromatic nitrogens is 2. The van der Waals surface area contributed by atoms with E-state index in [9.17, 15) is 9.90 Å². The molecule has 31 heavy (non-hydrogen) atoms. The van der Waals surface area contributed by atoms with Crippen molar-refractivity contribution in [2.45, 2.75) is 45.6 Å². The number of hydrogen-bond donors (Lipinski definition) is 4. The summed E-state index contributed by atoms with van der Waals surface area (Å²) in [5.74, 6) is 7.13. The van der Waals surface area contributed by atoms with E-state index in [2.05, 4.69) is 50.8 Å². The highest BCUT2D eigenvalue weighted by Gasteiger charge is 2.06. The molecule has 0 radical (unpaired) electrons. The van der Waals surface area contributed by atoms with Crippen LogP contribution in [0.4, 0.5) is 17.5 Å². The molecule has 1 atom stereocenters. The molecule has 2 rings (SSSR count). The quantitative estimate of drug-likeness (QED) is 0.344. The zero-order valence-electron chi connectivity index (χ0n) is 17.9. The molecular weight excluding hydrogens is 392 g/mol. The van der Waals surface area contributed by atoms with E-state index in [0.29, 0.717) is 35.9 Å². The molecule has 0 saturated heterocycles. The number of hydrogen-bond acceptors (Lipinski definition) is 7. The Morgan fingerprint density at radius 3 is 2.71 bits per heavy atom. The van der Waals surface area contributed by atoms with Crippen molar-refractivity contribution >= 4 is 23.4 Å². The Morgan fingerprint density at radius 1 is 1.26 bits per heavy atom. The number of amides is 1. The molecule has 0 aliphatic heterocycles. The van der Waals surface area contributed by atoms with Gasteiger partial charge in [-0.2, -0.15) is 10.2 Å². The van der Waals surface area contributed by atoms with E-state index in [-0.39, 0.29) is 12.3 Å². The number of nitriles is 1. The number of aliphatic hydroxyl groups is 1. The third-order valence-corrected chi connectivity index (χ3v) is 4.11. The molecule has 1 amide bonds. The van der Waals surface area contributed by atoms with Crippen LogP contribution in [-0.2, 0) is 4.79 Å². The van der Waals surface area contributed by atoms with Gasteiger partial charge in [0, 0.05) is 25.2 Å². The number of aliphatic hydroxyl groups excluding tert-OH is 1. The van der Waals surface area contributed by atoms with Crippen LogP contribution in [0.25, 0.3) is 0 Å². The molecular formula is C23H28N6O2. The molecule has 8 nitrogen and oxygen atoms in total. The zero-order valence-corrected chi connectivity index (χ0v) is 17.9. The summed E-state index contributed by atoms with van der Waals surface area (Å²) in [4.78, 5) is 20.4. The lowest BCUT2D eigenvalue weighted by atomic mass is 10.2. The minimum Gasteiger partial charge on any atom is -0.393 e. The minimum absolute atomic E-state index is 0.109. The molecule has 0 spiro atoms. The van der Waals surface area contributed by atoms with Crippen LogP contribution in [0, 0.1) is 23.2 Å². The van der Waals surface area contributed by atoms with Crippen LogP contribution < -0.4 is 16.0 Å². The van der Waals surface area contributed by atoms with Gasteiger partial charge in [0.05, 0.1) is 35.9 Å². The minimum atomic E-state index is -0.636. The molecule has 4 N–H and O–H groups in total. The normalized spacial score (nSPS) is 10.9. The Morgan fingerprint density at radius 2 is 2.03 bits per heavy atom. The summed E-state index contributed by atoms with van der Waals surface area (Å²) in [7, 11) is 0. The van der Waals surface area contributed by atoms with E-state index in [1.807, 2.05) is 0 Å². The first-order valence-corrected chi connectivity index (χ1v) is 10.3. The fourth-order valence-corrected chi connectivity index (χ4v) is 2.57. The predicted molar refractivity (Wildman–Crippen MR) is 121 cm³/mol.